The summed E-state index contributed by atoms with van der Waals surface area (Å²) in [6.07, 6.45) is -7.59. The molecule has 0 amide bonds. The summed E-state index contributed by atoms with van der Waals surface area (Å²) in [5, 5.41) is 9.61. The molecule has 3 nitrogen and oxygen atoms in total. The minimum absolute atomic E-state index is 0. The van der Waals surface area contributed by atoms with Crippen molar-refractivity contribution >= 4 is 29.0 Å². The predicted molar refractivity (Wildman–Crippen MR) is 91.0 cm³/mol. The predicted octanol–water partition coefficient (Wildman–Crippen LogP) is 5.18. The molecule has 1 aromatic carbocycles. The summed E-state index contributed by atoms with van der Waals surface area (Å²) in [6.45, 7) is -0.139. The number of alkyl halides is 6. The number of piperidine rings is 1. The Bertz CT molecular complexity index is 816. The summed E-state index contributed by atoms with van der Waals surface area (Å²) in [5.41, 5.74) is -3.91. The normalized spacial score (nSPS) is 15.7. The van der Waals surface area contributed by atoms with Crippen LogP contribution in [0.4, 0.5) is 32.0 Å². The van der Waals surface area contributed by atoms with Crippen molar-refractivity contribution < 1.29 is 31.4 Å². The number of benzene rings is 1. The van der Waals surface area contributed by atoms with Crippen LogP contribution in [0, 0.1) is 0 Å². The number of para-hydroxylation sites is 1. The summed E-state index contributed by atoms with van der Waals surface area (Å²) < 4.78 is 80.6. The molecule has 0 spiro atoms. The van der Waals surface area contributed by atoms with Gasteiger partial charge in [-0.1, -0.05) is 12.1 Å². The first-order valence-electron chi connectivity index (χ1n) is 8.10. The molecular formula is C17H17ClF6N2O. The first-order valence-corrected chi connectivity index (χ1v) is 8.10. The maximum Gasteiger partial charge on any atom is 0.435 e. The van der Waals surface area contributed by atoms with Gasteiger partial charge in [-0.05, 0) is 25.3 Å². The van der Waals surface area contributed by atoms with Gasteiger partial charge in [0.2, 0.25) is 0 Å². The molecule has 10 heteroatoms. The highest BCUT2D eigenvalue weighted by molar-refractivity contribution is 5.90. The van der Waals surface area contributed by atoms with Gasteiger partial charge in [0.25, 0.3) is 0 Å². The maximum absolute atomic E-state index is 13.6. The molecule has 3 rings (SSSR count). The number of rotatable bonds is 2. The highest BCUT2D eigenvalue weighted by atomic mass is 35.5. The van der Waals surface area contributed by atoms with E-state index in [0.29, 0.717) is 32.0 Å². The molecule has 0 saturated carbocycles. The van der Waals surface area contributed by atoms with Crippen LogP contribution in [-0.4, -0.2) is 23.2 Å². The van der Waals surface area contributed by atoms with E-state index in [0.717, 1.165) is 12.5 Å². The van der Waals surface area contributed by atoms with Crippen molar-refractivity contribution in [2.24, 2.45) is 0 Å². The summed E-state index contributed by atoms with van der Waals surface area (Å²) >= 11 is 0. The smallest absolute Gasteiger partial charge is 0.392 e. The largest absolute Gasteiger partial charge is 0.435 e. The molecule has 1 saturated heterocycles. The number of aromatic nitrogens is 1. The lowest BCUT2D eigenvalue weighted by Crippen LogP contribution is -2.33. The van der Waals surface area contributed by atoms with Crippen LogP contribution in [0.1, 0.15) is 36.1 Å². The lowest BCUT2D eigenvalue weighted by molar-refractivity contribution is -0.141. The van der Waals surface area contributed by atoms with E-state index >= 15 is 0 Å². The molecule has 0 unspecified atom stereocenters. The van der Waals surface area contributed by atoms with Gasteiger partial charge in [0.15, 0.2) is 5.69 Å². The average Bonchev–Trinajstić information content (AvgIpc) is 2.58. The molecule has 1 aromatic heterocycles. The standard InChI is InChI=1S/C17H16F6N2O.ClH/c18-16(19,20)12-6-4-5-10-11(9-26)14(25-7-2-1-3-8-25)15(17(21,22)23)24-13(10)12;/h4-6,26H,1-3,7-9H2;1H. The Hall–Kier alpha value is -1.74. The van der Waals surface area contributed by atoms with Crippen LogP contribution >= 0.6 is 12.4 Å². The monoisotopic (exact) mass is 414 g/mol. The lowest BCUT2D eigenvalue weighted by atomic mass is 9.99. The number of fused-ring (bicyclic) bond motifs is 1. The second-order valence-corrected chi connectivity index (χ2v) is 6.19. The van der Waals surface area contributed by atoms with Crippen LogP contribution in [-0.2, 0) is 19.0 Å². The Labute approximate surface area is 157 Å². The fraction of sp³-hybridized carbons (Fsp3) is 0.471. The van der Waals surface area contributed by atoms with E-state index in [2.05, 4.69) is 4.98 Å². The zero-order valence-electron chi connectivity index (χ0n) is 14.0. The maximum atomic E-state index is 13.6. The molecule has 0 aliphatic carbocycles. The van der Waals surface area contributed by atoms with Crippen LogP contribution in [0.3, 0.4) is 0 Å². The first-order chi connectivity index (χ1) is 12.1. The molecule has 27 heavy (non-hydrogen) atoms. The quantitative estimate of drug-likeness (QED) is 0.688. The topological polar surface area (TPSA) is 36.4 Å². The van der Waals surface area contributed by atoms with Gasteiger partial charge in [-0.15, -0.1) is 12.4 Å². The molecular weight excluding hydrogens is 398 g/mol. The van der Waals surface area contributed by atoms with Crippen molar-refractivity contribution in [3.63, 3.8) is 0 Å². The average molecular weight is 415 g/mol. The number of hydrogen-bond acceptors (Lipinski definition) is 3. The molecule has 150 valence electrons. The van der Waals surface area contributed by atoms with Crippen LogP contribution < -0.4 is 4.90 Å². The van der Waals surface area contributed by atoms with E-state index in [-0.39, 0.29) is 29.0 Å². The first kappa shape index (κ1) is 21.6. The van der Waals surface area contributed by atoms with Crippen molar-refractivity contribution in [1.29, 1.82) is 0 Å². The fourth-order valence-electron chi connectivity index (χ4n) is 3.39. The summed E-state index contributed by atoms with van der Waals surface area (Å²) in [7, 11) is 0. The summed E-state index contributed by atoms with van der Waals surface area (Å²) in [5.74, 6) is 0. The third-order valence-corrected chi connectivity index (χ3v) is 4.50. The third kappa shape index (κ3) is 4.08. The number of aliphatic hydroxyl groups excluding tert-OH is 1. The molecule has 1 aliphatic heterocycles. The van der Waals surface area contributed by atoms with Gasteiger partial charge < -0.3 is 10.0 Å². The van der Waals surface area contributed by atoms with Crippen molar-refractivity contribution in [2.45, 2.75) is 38.2 Å². The minimum atomic E-state index is -4.94. The summed E-state index contributed by atoms with van der Waals surface area (Å²) in [6, 6.07) is 3.06. The van der Waals surface area contributed by atoms with Gasteiger partial charge in [-0.25, -0.2) is 4.98 Å². The molecule has 0 atom stereocenters. The lowest BCUT2D eigenvalue weighted by Gasteiger charge is -2.33. The van der Waals surface area contributed by atoms with Crippen molar-refractivity contribution in [1.82, 2.24) is 4.98 Å². The third-order valence-electron chi connectivity index (χ3n) is 4.50. The second-order valence-electron chi connectivity index (χ2n) is 6.19. The van der Waals surface area contributed by atoms with Crippen LogP contribution in [0.25, 0.3) is 10.9 Å². The SMILES string of the molecule is Cl.OCc1c(N2CCCCC2)c(C(F)(F)F)nc2c(C(F)(F)F)cccc12. The highest BCUT2D eigenvalue weighted by Gasteiger charge is 2.41. The van der Waals surface area contributed by atoms with Gasteiger partial charge in [0, 0.05) is 24.0 Å². The van der Waals surface area contributed by atoms with Gasteiger partial charge >= 0.3 is 12.4 Å². The number of halogens is 7. The fourth-order valence-corrected chi connectivity index (χ4v) is 3.39. The minimum Gasteiger partial charge on any atom is -0.392 e. The number of anilines is 1. The van der Waals surface area contributed by atoms with E-state index in [1.165, 1.54) is 11.0 Å². The molecule has 0 bridgehead atoms. The molecule has 2 aromatic rings. The Balaban J connectivity index is 0.00000261. The zero-order chi connectivity index (χ0) is 19.1. The van der Waals surface area contributed by atoms with Crippen molar-refractivity contribution in [2.75, 3.05) is 18.0 Å². The Morgan fingerprint density at radius 1 is 0.963 bits per heavy atom. The Morgan fingerprint density at radius 3 is 2.11 bits per heavy atom. The van der Waals surface area contributed by atoms with Gasteiger partial charge in [0.05, 0.1) is 23.4 Å². The van der Waals surface area contributed by atoms with E-state index in [1.807, 2.05) is 0 Å². The van der Waals surface area contributed by atoms with Crippen LogP contribution in [0.5, 0.6) is 0 Å². The van der Waals surface area contributed by atoms with Gasteiger partial charge in [-0.3, -0.25) is 0 Å². The highest BCUT2D eigenvalue weighted by Crippen LogP contribution is 2.43. The van der Waals surface area contributed by atoms with E-state index in [4.69, 9.17) is 0 Å². The molecule has 1 N–H and O–H groups in total. The Kier molecular flexibility index (Phi) is 6.16. The van der Waals surface area contributed by atoms with Crippen molar-refractivity contribution in [3.05, 3.63) is 35.0 Å². The molecule has 2 heterocycles. The van der Waals surface area contributed by atoms with Crippen molar-refractivity contribution in [3.8, 4) is 0 Å². The molecule has 1 fully saturated rings. The zero-order valence-corrected chi connectivity index (χ0v) is 14.8. The number of nitrogens with zero attached hydrogens (tertiary/aromatic N) is 2. The van der Waals surface area contributed by atoms with Crippen LogP contribution in [0.15, 0.2) is 18.2 Å². The van der Waals surface area contributed by atoms with E-state index in [1.54, 1.807) is 0 Å². The number of aliphatic hydroxyl groups is 1. The van der Waals surface area contributed by atoms with E-state index in [9.17, 15) is 31.4 Å². The molecule has 1 aliphatic rings. The summed E-state index contributed by atoms with van der Waals surface area (Å²) in [4.78, 5) is 4.86. The number of pyridine rings is 1. The molecule has 0 radical (unpaired) electrons. The van der Waals surface area contributed by atoms with Gasteiger partial charge in [0.1, 0.15) is 0 Å². The van der Waals surface area contributed by atoms with Crippen LogP contribution in [0.2, 0.25) is 0 Å². The van der Waals surface area contributed by atoms with Gasteiger partial charge in [-0.2, -0.15) is 26.3 Å². The second kappa shape index (κ2) is 7.71. The number of hydrogen-bond donors (Lipinski definition) is 1. The Morgan fingerprint density at radius 2 is 1.59 bits per heavy atom. The van der Waals surface area contributed by atoms with E-state index < -0.39 is 35.7 Å².